The highest BCUT2D eigenvalue weighted by Gasteiger charge is 2.23. The lowest BCUT2D eigenvalue weighted by molar-refractivity contribution is -0.129. The lowest BCUT2D eigenvalue weighted by Crippen LogP contribution is -2.48. The number of rotatable bonds is 2. The number of carbonyl (C=O) groups is 1. The van der Waals surface area contributed by atoms with E-state index in [1.54, 1.807) is 24.9 Å². The van der Waals surface area contributed by atoms with E-state index >= 15 is 0 Å². The maximum absolute atomic E-state index is 13.2. The molecule has 2 rings (SSSR count). The first-order valence-electron chi connectivity index (χ1n) is 5.95. The highest BCUT2D eigenvalue weighted by atomic mass is 19.1. The van der Waals surface area contributed by atoms with Crippen molar-refractivity contribution >= 4 is 11.6 Å². The molecule has 1 aromatic rings. The third-order valence-electron chi connectivity index (χ3n) is 3.24. The number of amides is 1. The fourth-order valence-electron chi connectivity index (χ4n) is 2.11. The molecule has 5 heteroatoms. The first-order chi connectivity index (χ1) is 8.49. The number of hydrogen-bond donors (Lipinski definition) is 1. The van der Waals surface area contributed by atoms with E-state index in [2.05, 4.69) is 0 Å². The van der Waals surface area contributed by atoms with Crippen LogP contribution in [0.5, 0.6) is 0 Å². The van der Waals surface area contributed by atoms with Crippen LogP contribution in [0, 0.1) is 5.82 Å². The van der Waals surface area contributed by atoms with Gasteiger partial charge in [-0.2, -0.15) is 0 Å². The zero-order valence-corrected chi connectivity index (χ0v) is 10.6. The van der Waals surface area contributed by atoms with Gasteiger partial charge in [0.2, 0.25) is 5.91 Å². The minimum absolute atomic E-state index is 0.0297. The molecule has 1 aromatic carbocycles. The summed E-state index contributed by atoms with van der Waals surface area (Å²) in [5.41, 5.74) is 1.25. The van der Waals surface area contributed by atoms with Gasteiger partial charge in [0.1, 0.15) is 5.82 Å². The molecular formula is C13H17FN2O2. The standard InChI is InChI=1S/C13H17FN2O2/c1-9(17)11-7-10(14)3-4-12(11)16-6-5-15(2)13(18)8-16/h3-4,7,9,17H,5-6,8H2,1-2H3/t9-/m0/s1. The second kappa shape index (κ2) is 4.94. The molecule has 0 aromatic heterocycles. The van der Waals surface area contributed by atoms with Crippen LogP contribution >= 0.6 is 0 Å². The van der Waals surface area contributed by atoms with Crippen molar-refractivity contribution in [2.75, 3.05) is 31.6 Å². The minimum Gasteiger partial charge on any atom is -0.389 e. The second-order valence-electron chi connectivity index (χ2n) is 4.62. The van der Waals surface area contributed by atoms with Crippen LogP contribution in [0.15, 0.2) is 18.2 Å². The normalized spacial score (nSPS) is 18.1. The Kier molecular flexibility index (Phi) is 3.52. The Balaban J connectivity index is 2.30. The molecule has 0 bridgehead atoms. The van der Waals surface area contributed by atoms with E-state index in [0.717, 1.165) is 5.69 Å². The molecule has 0 aliphatic carbocycles. The summed E-state index contributed by atoms with van der Waals surface area (Å²) in [5.74, 6) is -0.350. The molecule has 1 N–H and O–H groups in total. The van der Waals surface area contributed by atoms with Crippen LogP contribution in [0.1, 0.15) is 18.6 Å². The van der Waals surface area contributed by atoms with Gasteiger partial charge < -0.3 is 14.9 Å². The van der Waals surface area contributed by atoms with Crippen molar-refractivity contribution in [2.45, 2.75) is 13.0 Å². The van der Waals surface area contributed by atoms with E-state index in [1.807, 2.05) is 4.90 Å². The van der Waals surface area contributed by atoms with Crippen LogP contribution in [0.2, 0.25) is 0 Å². The first-order valence-corrected chi connectivity index (χ1v) is 5.95. The molecule has 0 saturated carbocycles. The number of hydrogen-bond acceptors (Lipinski definition) is 3. The Morgan fingerprint density at radius 3 is 2.72 bits per heavy atom. The van der Waals surface area contributed by atoms with E-state index in [4.69, 9.17) is 0 Å². The zero-order chi connectivity index (χ0) is 13.3. The number of carbonyl (C=O) groups excluding carboxylic acids is 1. The predicted molar refractivity (Wildman–Crippen MR) is 66.9 cm³/mol. The van der Waals surface area contributed by atoms with Gasteiger partial charge in [-0.15, -0.1) is 0 Å². The fraction of sp³-hybridized carbons (Fsp3) is 0.462. The molecule has 0 spiro atoms. The lowest BCUT2D eigenvalue weighted by Gasteiger charge is -2.35. The summed E-state index contributed by atoms with van der Waals surface area (Å²) >= 11 is 0. The molecule has 18 heavy (non-hydrogen) atoms. The molecule has 1 aliphatic heterocycles. The molecule has 0 radical (unpaired) electrons. The van der Waals surface area contributed by atoms with Gasteiger partial charge in [0.05, 0.1) is 12.6 Å². The molecule has 1 fully saturated rings. The average molecular weight is 252 g/mol. The third kappa shape index (κ3) is 2.46. The molecule has 1 aliphatic rings. The molecule has 4 nitrogen and oxygen atoms in total. The number of nitrogens with zero attached hydrogens (tertiary/aromatic N) is 2. The van der Waals surface area contributed by atoms with Crippen molar-refractivity contribution in [1.29, 1.82) is 0 Å². The fourth-order valence-corrected chi connectivity index (χ4v) is 2.11. The van der Waals surface area contributed by atoms with Crippen LogP contribution in [-0.4, -0.2) is 42.6 Å². The maximum Gasteiger partial charge on any atom is 0.241 e. The number of benzene rings is 1. The summed E-state index contributed by atoms with van der Waals surface area (Å²) in [6.07, 6.45) is -0.759. The van der Waals surface area contributed by atoms with Crippen molar-refractivity contribution < 1.29 is 14.3 Å². The van der Waals surface area contributed by atoms with Gasteiger partial charge in [-0.3, -0.25) is 4.79 Å². The van der Waals surface area contributed by atoms with E-state index in [9.17, 15) is 14.3 Å². The van der Waals surface area contributed by atoms with Gasteiger partial charge in [0.25, 0.3) is 0 Å². The third-order valence-corrected chi connectivity index (χ3v) is 3.24. The second-order valence-corrected chi connectivity index (χ2v) is 4.62. The average Bonchev–Trinajstić information content (AvgIpc) is 2.32. The molecular weight excluding hydrogens is 235 g/mol. The van der Waals surface area contributed by atoms with E-state index in [0.29, 0.717) is 18.7 Å². The Hall–Kier alpha value is -1.62. The van der Waals surface area contributed by atoms with Crippen molar-refractivity contribution in [3.05, 3.63) is 29.6 Å². The summed E-state index contributed by atoms with van der Waals surface area (Å²) in [6, 6.07) is 4.29. The number of aliphatic hydroxyl groups is 1. The monoisotopic (exact) mass is 252 g/mol. The summed E-state index contributed by atoms with van der Waals surface area (Å²) in [4.78, 5) is 15.2. The number of likely N-dealkylation sites (N-methyl/N-ethyl adjacent to an activating group) is 1. The first kappa shape index (κ1) is 12.8. The van der Waals surface area contributed by atoms with Crippen molar-refractivity contribution in [1.82, 2.24) is 4.90 Å². The van der Waals surface area contributed by atoms with Gasteiger partial charge >= 0.3 is 0 Å². The SMILES string of the molecule is C[C@H](O)c1cc(F)ccc1N1CCN(C)C(=O)C1. The number of piperazine rings is 1. The van der Waals surface area contributed by atoms with Crippen LogP contribution < -0.4 is 4.90 Å². The number of halogens is 1. The van der Waals surface area contributed by atoms with Gasteiger partial charge in [0.15, 0.2) is 0 Å². The Labute approximate surface area is 106 Å². The summed E-state index contributed by atoms with van der Waals surface area (Å²) < 4.78 is 13.2. The lowest BCUT2D eigenvalue weighted by atomic mass is 10.1. The van der Waals surface area contributed by atoms with Crippen LogP contribution in [0.3, 0.4) is 0 Å². The summed E-state index contributed by atoms with van der Waals surface area (Å²) in [5, 5.41) is 9.69. The number of anilines is 1. The molecule has 1 heterocycles. The van der Waals surface area contributed by atoms with Crippen LogP contribution in [0.4, 0.5) is 10.1 Å². The van der Waals surface area contributed by atoms with Gasteiger partial charge in [-0.25, -0.2) is 4.39 Å². The molecule has 0 unspecified atom stereocenters. The van der Waals surface area contributed by atoms with Crippen LogP contribution in [0.25, 0.3) is 0 Å². The van der Waals surface area contributed by atoms with E-state index < -0.39 is 6.10 Å². The van der Waals surface area contributed by atoms with Crippen molar-refractivity contribution in [3.8, 4) is 0 Å². The largest absolute Gasteiger partial charge is 0.389 e. The Bertz CT molecular complexity index is 462. The van der Waals surface area contributed by atoms with E-state index in [-0.39, 0.29) is 18.3 Å². The quantitative estimate of drug-likeness (QED) is 0.859. The predicted octanol–water partition coefficient (Wildman–Crippen LogP) is 1.16. The van der Waals surface area contributed by atoms with Gasteiger partial charge in [-0.1, -0.05) is 0 Å². The molecule has 1 atom stereocenters. The highest BCUT2D eigenvalue weighted by Crippen LogP contribution is 2.28. The molecule has 98 valence electrons. The topological polar surface area (TPSA) is 43.8 Å². The number of aliphatic hydroxyl groups excluding tert-OH is 1. The van der Waals surface area contributed by atoms with E-state index in [1.165, 1.54) is 12.1 Å². The highest BCUT2D eigenvalue weighted by molar-refractivity contribution is 5.83. The zero-order valence-electron chi connectivity index (χ0n) is 10.6. The Morgan fingerprint density at radius 1 is 1.39 bits per heavy atom. The summed E-state index contributed by atoms with van der Waals surface area (Å²) in [7, 11) is 1.76. The molecule has 1 amide bonds. The van der Waals surface area contributed by atoms with Crippen molar-refractivity contribution in [2.24, 2.45) is 0 Å². The van der Waals surface area contributed by atoms with Crippen molar-refractivity contribution in [3.63, 3.8) is 0 Å². The summed E-state index contributed by atoms with van der Waals surface area (Å²) in [6.45, 7) is 3.18. The van der Waals surface area contributed by atoms with Gasteiger partial charge in [-0.05, 0) is 25.1 Å². The van der Waals surface area contributed by atoms with Crippen LogP contribution in [-0.2, 0) is 4.79 Å². The smallest absolute Gasteiger partial charge is 0.241 e. The Morgan fingerprint density at radius 2 is 2.11 bits per heavy atom. The van der Waals surface area contributed by atoms with Gasteiger partial charge in [0, 0.05) is 31.4 Å². The minimum atomic E-state index is -0.759. The maximum atomic E-state index is 13.2. The molecule has 1 saturated heterocycles.